The lowest BCUT2D eigenvalue weighted by Crippen LogP contribution is -2.38. The average molecular weight is 261 g/mol. The lowest BCUT2D eigenvalue weighted by atomic mass is 9.96. The fourth-order valence-electron chi connectivity index (χ4n) is 2.40. The van der Waals surface area contributed by atoms with Gasteiger partial charge in [-0.2, -0.15) is 0 Å². The van der Waals surface area contributed by atoms with E-state index in [1.165, 1.54) is 5.69 Å². The highest BCUT2D eigenvalue weighted by atomic mass is 16.6. The molecule has 0 bridgehead atoms. The number of piperidine rings is 1. The molecule has 1 aromatic carbocycles. The van der Waals surface area contributed by atoms with Crippen molar-refractivity contribution < 1.29 is 9.53 Å². The van der Waals surface area contributed by atoms with Gasteiger partial charge in [0.05, 0.1) is 5.92 Å². The van der Waals surface area contributed by atoms with E-state index in [-0.39, 0.29) is 17.5 Å². The van der Waals surface area contributed by atoms with Gasteiger partial charge in [-0.15, -0.1) is 0 Å². The average Bonchev–Trinajstić information content (AvgIpc) is 2.38. The highest BCUT2D eigenvalue weighted by Gasteiger charge is 2.28. The molecule has 1 heterocycles. The molecule has 1 fully saturated rings. The molecule has 0 amide bonds. The molecule has 0 aromatic heterocycles. The third-order valence-corrected chi connectivity index (χ3v) is 3.36. The molecule has 2 rings (SSSR count). The Morgan fingerprint density at radius 2 is 1.74 bits per heavy atom. The molecule has 3 heteroatoms. The quantitative estimate of drug-likeness (QED) is 0.765. The van der Waals surface area contributed by atoms with Crippen molar-refractivity contribution >= 4 is 11.7 Å². The highest BCUT2D eigenvalue weighted by molar-refractivity contribution is 5.73. The van der Waals surface area contributed by atoms with Crippen LogP contribution in [0.5, 0.6) is 0 Å². The lowest BCUT2D eigenvalue weighted by molar-refractivity contribution is -0.160. The van der Waals surface area contributed by atoms with Crippen molar-refractivity contribution in [3.8, 4) is 0 Å². The van der Waals surface area contributed by atoms with Crippen LogP contribution in [0.25, 0.3) is 0 Å². The van der Waals surface area contributed by atoms with Gasteiger partial charge in [0.15, 0.2) is 0 Å². The Labute approximate surface area is 115 Å². The number of anilines is 1. The molecule has 0 atom stereocenters. The van der Waals surface area contributed by atoms with E-state index >= 15 is 0 Å². The minimum atomic E-state index is -0.381. The van der Waals surface area contributed by atoms with E-state index < -0.39 is 0 Å². The summed E-state index contributed by atoms with van der Waals surface area (Å²) >= 11 is 0. The first-order chi connectivity index (χ1) is 8.96. The van der Waals surface area contributed by atoms with Gasteiger partial charge >= 0.3 is 5.97 Å². The Hall–Kier alpha value is -1.51. The molecule has 0 N–H and O–H groups in total. The van der Waals surface area contributed by atoms with Crippen LogP contribution in [0, 0.1) is 5.92 Å². The van der Waals surface area contributed by atoms with Crippen molar-refractivity contribution in [1.82, 2.24) is 0 Å². The van der Waals surface area contributed by atoms with E-state index in [9.17, 15) is 4.79 Å². The van der Waals surface area contributed by atoms with Crippen LogP contribution in [0.2, 0.25) is 0 Å². The predicted octanol–water partition coefficient (Wildman–Crippen LogP) is 3.24. The van der Waals surface area contributed by atoms with Gasteiger partial charge < -0.3 is 9.64 Å². The minimum Gasteiger partial charge on any atom is -0.460 e. The van der Waals surface area contributed by atoms with E-state index in [2.05, 4.69) is 29.2 Å². The van der Waals surface area contributed by atoms with E-state index in [1.54, 1.807) is 0 Å². The van der Waals surface area contributed by atoms with E-state index in [0.29, 0.717) is 0 Å². The van der Waals surface area contributed by atoms with Gasteiger partial charge in [0.1, 0.15) is 5.60 Å². The van der Waals surface area contributed by atoms with E-state index in [0.717, 1.165) is 25.9 Å². The van der Waals surface area contributed by atoms with Crippen LogP contribution in [-0.2, 0) is 9.53 Å². The summed E-state index contributed by atoms with van der Waals surface area (Å²) < 4.78 is 5.46. The molecule has 3 nitrogen and oxygen atoms in total. The maximum Gasteiger partial charge on any atom is 0.309 e. The number of esters is 1. The molecular formula is C16H23NO2. The number of para-hydroxylation sites is 1. The van der Waals surface area contributed by atoms with Gasteiger partial charge in [-0.3, -0.25) is 4.79 Å². The number of carbonyl (C=O) groups excluding carboxylic acids is 1. The van der Waals surface area contributed by atoms with Crippen molar-refractivity contribution in [1.29, 1.82) is 0 Å². The zero-order valence-corrected chi connectivity index (χ0v) is 12.1. The molecule has 0 unspecified atom stereocenters. The Kier molecular flexibility index (Phi) is 4.13. The zero-order chi connectivity index (χ0) is 13.9. The first kappa shape index (κ1) is 13.9. The number of benzene rings is 1. The van der Waals surface area contributed by atoms with Gasteiger partial charge in [0.25, 0.3) is 0 Å². The molecule has 1 aromatic rings. The van der Waals surface area contributed by atoms with Crippen LogP contribution in [0.3, 0.4) is 0 Å². The third kappa shape index (κ3) is 3.98. The lowest BCUT2D eigenvalue weighted by Gasteiger charge is -2.33. The largest absolute Gasteiger partial charge is 0.460 e. The van der Waals surface area contributed by atoms with Crippen LogP contribution < -0.4 is 4.90 Å². The van der Waals surface area contributed by atoms with E-state index in [4.69, 9.17) is 4.74 Å². The van der Waals surface area contributed by atoms with Crippen molar-refractivity contribution in [2.75, 3.05) is 18.0 Å². The van der Waals surface area contributed by atoms with Gasteiger partial charge in [0.2, 0.25) is 0 Å². The van der Waals surface area contributed by atoms with Crippen LogP contribution in [0.15, 0.2) is 30.3 Å². The van der Waals surface area contributed by atoms with Crippen molar-refractivity contribution in [2.45, 2.75) is 39.2 Å². The highest BCUT2D eigenvalue weighted by Crippen LogP contribution is 2.25. The first-order valence-electron chi connectivity index (χ1n) is 6.98. The Morgan fingerprint density at radius 1 is 1.16 bits per heavy atom. The molecule has 1 saturated heterocycles. The Bertz CT molecular complexity index is 414. The zero-order valence-electron chi connectivity index (χ0n) is 12.1. The molecule has 1 aliphatic rings. The number of rotatable bonds is 2. The second kappa shape index (κ2) is 5.64. The molecule has 0 aliphatic carbocycles. The first-order valence-corrected chi connectivity index (χ1v) is 6.98. The molecule has 1 aliphatic heterocycles. The normalized spacial score (nSPS) is 17.3. The van der Waals surface area contributed by atoms with Crippen LogP contribution in [0.1, 0.15) is 33.6 Å². The second-order valence-corrected chi connectivity index (χ2v) is 6.13. The summed E-state index contributed by atoms with van der Waals surface area (Å²) in [5, 5.41) is 0. The number of hydrogen-bond donors (Lipinski definition) is 0. The van der Waals surface area contributed by atoms with Crippen molar-refractivity contribution in [2.24, 2.45) is 5.92 Å². The molecule has 0 spiro atoms. The summed E-state index contributed by atoms with van der Waals surface area (Å²) in [6, 6.07) is 10.4. The summed E-state index contributed by atoms with van der Waals surface area (Å²) in [5.74, 6) is 0.0133. The number of carbonyl (C=O) groups is 1. The predicted molar refractivity (Wildman–Crippen MR) is 77.2 cm³/mol. The second-order valence-electron chi connectivity index (χ2n) is 6.13. The van der Waals surface area contributed by atoms with Gasteiger partial charge in [-0.05, 0) is 45.7 Å². The SMILES string of the molecule is CC(C)(C)OC(=O)C1CCN(c2ccccc2)CC1. The topological polar surface area (TPSA) is 29.5 Å². The molecule has 0 saturated carbocycles. The molecule has 104 valence electrons. The standard InChI is InChI=1S/C16H23NO2/c1-16(2,3)19-15(18)13-9-11-17(12-10-13)14-7-5-4-6-8-14/h4-8,13H,9-12H2,1-3H3. The minimum absolute atomic E-state index is 0.0415. The fourth-order valence-corrected chi connectivity index (χ4v) is 2.40. The van der Waals surface area contributed by atoms with Crippen molar-refractivity contribution in [3.05, 3.63) is 30.3 Å². The van der Waals surface area contributed by atoms with Crippen molar-refractivity contribution in [3.63, 3.8) is 0 Å². The van der Waals surface area contributed by atoms with Gasteiger partial charge in [0, 0.05) is 18.8 Å². The number of nitrogens with zero attached hydrogens (tertiary/aromatic N) is 1. The van der Waals surface area contributed by atoms with Gasteiger partial charge in [-0.1, -0.05) is 18.2 Å². The monoisotopic (exact) mass is 261 g/mol. The summed E-state index contributed by atoms with van der Waals surface area (Å²) in [5.41, 5.74) is 0.860. The Balaban J connectivity index is 1.88. The fraction of sp³-hybridized carbons (Fsp3) is 0.562. The number of hydrogen-bond acceptors (Lipinski definition) is 3. The smallest absolute Gasteiger partial charge is 0.309 e. The summed E-state index contributed by atoms with van der Waals surface area (Å²) in [4.78, 5) is 14.4. The van der Waals surface area contributed by atoms with E-state index in [1.807, 2.05) is 26.8 Å². The van der Waals surface area contributed by atoms with Crippen LogP contribution in [-0.4, -0.2) is 24.7 Å². The number of ether oxygens (including phenoxy) is 1. The van der Waals surface area contributed by atoms with Crippen LogP contribution >= 0.6 is 0 Å². The van der Waals surface area contributed by atoms with Crippen LogP contribution in [0.4, 0.5) is 5.69 Å². The summed E-state index contributed by atoms with van der Waals surface area (Å²) in [6.45, 7) is 7.61. The summed E-state index contributed by atoms with van der Waals surface area (Å²) in [6.07, 6.45) is 1.76. The summed E-state index contributed by atoms with van der Waals surface area (Å²) in [7, 11) is 0. The Morgan fingerprint density at radius 3 is 2.26 bits per heavy atom. The molecule has 19 heavy (non-hydrogen) atoms. The molecule has 0 radical (unpaired) electrons. The maximum atomic E-state index is 12.0. The van der Waals surface area contributed by atoms with Gasteiger partial charge in [-0.25, -0.2) is 0 Å². The maximum absolute atomic E-state index is 12.0. The molecular weight excluding hydrogens is 238 g/mol. The third-order valence-electron chi connectivity index (χ3n) is 3.36.